The summed E-state index contributed by atoms with van der Waals surface area (Å²) in [5.41, 5.74) is 1.72. The van der Waals surface area contributed by atoms with Gasteiger partial charge in [0.15, 0.2) is 0 Å². The van der Waals surface area contributed by atoms with E-state index in [1.54, 1.807) is 0 Å². The lowest BCUT2D eigenvalue weighted by molar-refractivity contribution is -0.125. The molecular weight excluding hydrogens is 252 g/mol. The van der Waals surface area contributed by atoms with Gasteiger partial charge in [0.05, 0.1) is 18.1 Å². The zero-order valence-electron chi connectivity index (χ0n) is 11.7. The van der Waals surface area contributed by atoms with Crippen molar-refractivity contribution in [3.8, 4) is 0 Å². The highest BCUT2D eigenvalue weighted by atomic mass is 16.3. The maximum Gasteiger partial charge on any atom is 0.229 e. The summed E-state index contributed by atoms with van der Waals surface area (Å²) in [6.07, 6.45) is 5.14. The third kappa shape index (κ3) is 2.40. The maximum absolute atomic E-state index is 12.6. The van der Waals surface area contributed by atoms with E-state index in [9.17, 15) is 9.90 Å². The lowest BCUT2D eigenvalue weighted by Crippen LogP contribution is -2.53. The predicted molar refractivity (Wildman–Crippen MR) is 78.7 cm³/mol. The van der Waals surface area contributed by atoms with Crippen molar-refractivity contribution in [3.63, 3.8) is 0 Å². The molecule has 0 saturated heterocycles. The first-order chi connectivity index (χ1) is 9.74. The van der Waals surface area contributed by atoms with E-state index in [0.717, 1.165) is 36.9 Å². The van der Waals surface area contributed by atoms with Crippen LogP contribution in [0.3, 0.4) is 0 Å². The van der Waals surface area contributed by atoms with Crippen molar-refractivity contribution in [2.24, 2.45) is 0 Å². The molecule has 3 rings (SSSR count). The van der Waals surface area contributed by atoms with E-state index in [-0.39, 0.29) is 18.4 Å². The molecule has 3 N–H and O–H groups in total. The standard InChI is InChI=1S/C16H22N2O2/c19-11-16(8-4-1-5-9-16)18-15(20)13-10-17-14-7-3-2-6-12(13)14/h2-3,6-7,13,17,19H,1,4-5,8-11H2,(H,18,20). The highest BCUT2D eigenvalue weighted by Crippen LogP contribution is 2.33. The highest BCUT2D eigenvalue weighted by Gasteiger charge is 2.36. The third-order valence-electron chi connectivity index (χ3n) is 4.65. The molecule has 1 aliphatic carbocycles. The van der Waals surface area contributed by atoms with E-state index < -0.39 is 5.54 Å². The van der Waals surface area contributed by atoms with Gasteiger partial charge < -0.3 is 15.7 Å². The second-order valence-electron chi connectivity index (χ2n) is 6.01. The van der Waals surface area contributed by atoms with Gasteiger partial charge >= 0.3 is 0 Å². The number of benzene rings is 1. The van der Waals surface area contributed by atoms with Crippen molar-refractivity contribution in [3.05, 3.63) is 29.8 Å². The summed E-state index contributed by atoms with van der Waals surface area (Å²) in [6, 6.07) is 7.95. The number of anilines is 1. The van der Waals surface area contributed by atoms with E-state index in [0.29, 0.717) is 6.54 Å². The maximum atomic E-state index is 12.6. The zero-order chi connectivity index (χ0) is 14.0. The van der Waals surface area contributed by atoms with Gasteiger partial charge in [-0.05, 0) is 24.5 Å². The predicted octanol–water partition coefficient (Wildman–Crippen LogP) is 2.01. The second kappa shape index (κ2) is 5.44. The molecule has 4 nitrogen and oxygen atoms in total. The van der Waals surface area contributed by atoms with Gasteiger partial charge in [-0.1, -0.05) is 37.5 Å². The minimum atomic E-state index is -0.396. The molecular formula is C16H22N2O2. The van der Waals surface area contributed by atoms with Gasteiger partial charge in [-0.25, -0.2) is 0 Å². The van der Waals surface area contributed by atoms with Gasteiger partial charge in [0.1, 0.15) is 0 Å². The molecule has 1 heterocycles. The quantitative estimate of drug-likeness (QED) is 0.790. The van der Waals surface area contributed by atoms with E-state index >= 15 is 0 Å². The number of carbonyl (C=O) groups is 1. The van der Waals surface area contributed by atoms with Gasteiger partial charge in [0.2, 0.25) is 5.91 Å². The molecule has 1 aliphatic heterocycles. The van der Waals surface area contributed by atoms with Crippen LogP contribution in [0.15, 0.2) is 24.3 Å². The molecule has 1 fully saturated rings. The number of carbonyl (C=O) groups excluding carboxylic acids is 1. The van der Waals surface area contributed by atoms with Crippen LogP contribution in [-0.4, -0.2) is 29.7 Å². The normalized spacial score (nSPS) is 23.8. The molecule has 1 aromatic rings. The fourth-order valence-electron chi connectivity index (χ4n) is 3.42. The van der Waals surface area contributed by atoms with Crippen LogP contribution in [0.4, 0.5) is 5.69 Å². The average Bonchev–Trinajstić information content (AvgIpc) is 2.92. The molecule has 108 valence electrons. The van der Waals surface area contributed by atoms with Crippen LogP contribution in [0.1, 0.15) is 43.6 Å². The molecule has 0 radical (unpaired) electrons. The number of para-hydroxylation sites is 1. The van der Waals surface area contributed by atoms with Gasteiger partial charge in [-0.2, -0.15) is 0 Å². The Balaban J connectivity index is 1.74. The number of hydrogen-bond acceptors (Lipinski definition) is 3. The van der Waals surface area contributed by atoms with E-state index in [1.807, 2.05) is 24.3 Å². The van der Waals surface area contributed by atoms with Crippen LogP contribution in [-0.2, 0) is 4.79 Å². The highest BCUT2D eigenvalue weighted by molar-refractivity contribution is 5.88. The number of rotatable bonds is 3. The van der Waals surface area contributed by atoms with Gasteiger partial charge in [0.25, 0.3) is 0 Å². The Bertz CT molecular complexity index is 495. The Morgan fingerprint density at radius 1 is 1.30 bits per heavy atom. The Morgan fingerprint density at radius 2 is 2.05 bits per heavy atom. The summed E-state index contributed by atoms with van der Waals surface area (Å²) in [4.78, 5) is 12.6. The molecule has 1 saturated carbocycles. The Kier molecular flexibility index (Phi) is 3.66. The number of aliphatic hydroxyl groups is 1. The molecule has 1 amide bonds. The summed E-state index contributed by atoms with van der Waals surface area (Å²) in [7, 11) is 0. The van der Waals surface area contributed by atoms with Crippen molar-refractivity contribution >= 4 is 11.6 Å². The molecule has 0 bridgehead atoms. The van der Waals surface area contributed by atoms with Crippen molar-refractivity contribution in [2.45, 2.75) is 43.6 Å². The van der Waals surface area contributed by atoms with Crippen LogP contribution in [0.25, 0.3) is 0 Å². The zero-order valence-corrected chi connectivity index (χ0v) is 11.7. The van der Waals surface area contributed by atoms with Crippen LogP contribution < -0.4 is 10.6 Å². The summed E-state index contributed by atoms with van der Waals surface area (Å²) < 4.78 is 0. The molecule has 1 aromatic carbocycles. The van der Waals surface area contributed by atoms with E-state index in [4.69, 9.17) is 0 Å². The number of amides is 1. The number of fused-ring (bicyclic) bond motifs is 1. The van der Waals surface area contributed by atoms with Gasteiger partial charge in [0, 0.05) is 12.2 Å². The lowest BCUT2D eigenvalue weighted by Gasteiger charge is -2.37. The smallest absolute Gasteiger partial charge is 0.229 e. The summed E-state index contributed by atoms with van der Waals surface area (Å²) in [5, 5.41) is 16.1. The first-order valence-electron chi connectivity index (χ1n) is 7.50. The van der Waals surface area contributed by atoms with Crippen molar-refractivity contribution < 1.29 is 9.90 Å². The Hall–Kier alpha value is -1.55. The van der Waals surface area contributed by atoms with Gasteiger partial charge in [-0.3, -0.25) is 4.79 Å². The van der Waals surface area contributed by atoms with E-state index in [2.05, 4.69) is 10.6 Å². The fourth-order valence-corrected chi connectivity index (χ4v) is 3.42. The molecule has 2 aliphatic rings. The summed E-state index contributed by atoms with van der Waals surface area (Å²) >= 11 is 0. The number of nitrogens with one attached hydrogen (secondary N) is 2. The minimum absolute atomic E-state index is 0.0402. The van der Waals surface area contributed by atoms with Crippen LogP contribution in [0.2, 0.25) is 0 Å². The van der Waals surface area contributed by atoms with Crippen LogP contribution in [0.5, 0.6) is 0 Å². The SMILES string of the molecule is O=C(NC1(CO)CCCCC1)C1CNc2ccccc21. The molecule has 0 spiro atoms. The number of aliphatic hydroxyl groups excluding tert-OH is 1. The first-order valence-corrected chi connectivity index (χ1v) is 7.50. The van der Waals surface area contributed by atoms with Crippen molar-refractivity contribution in [1.82, 2.24) is 5.32 Å². The molecule has 1 atom stereocenters. The summed E-state index contributed by atoms with van der Waals surface area (Å²) in [5.74, 6) is -0.102. The van der Waals surface area contributed by atoms with Gasteiger partial charge in [-0.15, -0.1) is 0 Å². The van der Waals surface area contributed by atoms with Crippen LogP contribution in [0, 0.1) is 0 Å². The monoisotopic (exact) mass is 274 g/mol. The molecule has 4 heteroatoms. The third-order valence-corrected chi connectivity index (χ3v) is 4.65. The minimum Gasteiger partial charge on any atom is -0.394 e. The Labute approximate surface area is 119 Å². The Morgan fingerprint density at radius 3 is 2.80 bits per heavy atom. The molecule has 20 heavy (non-hydrogen) atoms. The fraction of sp³-hybridized carbons (Fsp3) is 0.562. The molecule has 0 aromatic heterocycles. The number of hydrogen-bond donors (Lipinski definition) is 3. The van der Waals surface area contributed by atoms with E-state index in [1.165, 1.54) is 6.42 Å². The lowest BCUT2D eigenvalue weighted by atomic mass is 9.81. The van der Waals surface area contributed by atoms with Crippen molar-refractivity contribution in [1.29, 1.82) is 0 Å². The second-order valence-corrected chi connectivity index (χ2v) is 6.01. The molecule has 1 unspecified atom stereocenters. The largest absolute Gasteiger partial charge is 0.394 e. The summed E-state index contributed by atoms with van der Waals surface area (Å²) in [6.45, 7) is 0.688. The first kappa shape index (κ1) is 13.4. The average molecular weight is 274 g/mol. The van der Waals surface area contributed by atoms with Crippen LogP contribution >= 0.6 is 0 Å². The van der Waals surface area contributed by atoms with Crippen molar-refractivity contribution in [2.75, 3.05) is 18.5 Å². The topological polar surface area (TPSA) is 61.4 Å².